The van der Waals surface area contributed by atoms with Gasteiger partial charge in [-0.1, -0.05) is 103 Å². The number of hydrogen-bond acceptors (Lipinski definition) is 1. The molecule has 0 saturated heterocycles. The van der Waals surface area contributed by atoms with Crippen LogP contribution in [0.15, 0.2) is 152 Å². The predicted molar refractivity (Wildman–Crippen MR) is 203 cm³/mol. The first-order valence-electron chi connectivity index (χ1n) is 16.2. The van der Waals surface area contributed by atoms with Gasteiger partial charge in [-0.2, -0.15) is 5.26 Å². The third kappa shape index (κ3) is 4.24. The van der Waals surface area contributed by atoms with Crippen LogP contribution in [-0.4, -0.2) is 9.13 Å². The van der Waals surface area contributed by atoms with E-state index in [2.05, 4.69) is 104 Å². The summed E-state index contributed by atoms with van der Waals surface area (Å²) in [5, 5.41) is 14.0. The summed E-state index contributed by atoms with van der Waals surface area (Å²) in [6.07, 6.45) is 0. The number of hydrogen-bond donors (Lipinski definition) is 0. The Labute approximate surface area is 288 Å². The van der Waals surface area contributed by atoms with Gasteiger partial charge in [0.25, 0.3) is 0 Å². The highest BCUT2D eigenvalue weighted by Gasteiger charge is 2.23. The molecular formula is C45H25N5. The van der Waals surface area contributed by atoms with E-state index in [0.717, 1.165) is 60.8 Å². The molecule has 0 aliphatic heterocycles. The lowest BCUT2D eigenvalue weighted by Crippen LogP contribution is -1.99. The quantitative estimate of drug-likeness (QED) is 0.177. The van der Waals surface area contributed by atoms with Crippen LogP contribution in [0.4, 0.5) is 11.4 Å². The number of aromatic nitrogens is 2. The molecule has 0 saturated carbocycles. The molecule has 0 aliphatic rings. The Morgan fingerprint density at radius 3 is 1.70 bits per heavy atom. The molecule has 0 amide bonds. The average molecular weight is 636 g/mol. The molecule has 9 aromatic rings. The van der Waals surface area contributed by atoms with Crippen molar-refractivity contribution in [3.05, 3.63) is 180 Å². The van der Waals surface area contributed by atoms with Crippen LogP contribution in [0.3, 0.4) is 0 Å². The molecule has 0 unspecified atom stereocenters. The number of fused-ring (bicyclic) bond motifs is 6. The lowest BCUT2D eigenvalue weighted by Gasteiger charge is -2.20. The summed E-state index contributed by atoms with van der Waals surface area (Å²) in [7, 11) is 0. The first-order valence-corrected chi connectivity index (χ1v) is 16.2. The maximum atomic E-state index is 9.72. The van der Waals surface area contributed by atoms with Crippen molar-refractivity contribution in [2.24, 2.45) is 0 Å². The number of rotatable bonds is 4. The fraction of sp³-hybridized carbons (Fsp3) is 0. The second kappa shape index (κ2) is 11.4. The molecule has 0 radical (unpaired) electrons. The van der Waals surface area contributed by atoms with Crippen molar-refractivity contribution in [2.75, 3.05) is 0 Å². The Hall–Kier alpha value is -7.39. The van der Waals surface area contributed by atoms with Gasteiger partial charge in [0.2, 0.25) is 5.69 Å². The molecule has 9 rings (SSSR count). The van der Waals surface area contributed by atoms with Crippen LogP contribution in [0.5, 0.6) is 0 Å². The molecule has 0 spiro atoms. The molecule has 5 nitrogen and oxygen atoms in total. The topological polar surface area (TPSA) is 42.4 Å². The molecular weight excluding hydrogens is 611 g/mol. The van der Waals surface area contributed by atoms with Crippen molar-refractivity contribution in [1.29, 1.82) is 5.26 Å². The normalized spacial score (nSPS) is 11.1. The standard InChI is InChI=1S/C45H25N5/c1-47-38-19-10-17-32(30-12-9-13-31(27-30)49-40-21-6-3-14-33(40)34-15-4-7-22-41(34)49)44(38)36-18-11-20-39(48-2)45(36)50-42-23-8-5-16-35(42)37-26-29(28-46)24-25-43(37)50/h3-27H. The monoisotopic (exact) mass is 635 g/mol. The zero-order valence-electron chi connectivity index (χ0n) is 26.7. The van der Waals surface area contributed by atoms with Crippen molar-refractivity contribution in [1.82, 2.24) is 9.13 Å². The fourth-order valence-corrected chi connectivity index (χ4v) is 7.51. The van der Waals surface area contributed by atoms with Crippen molar-refractivity contribution in [2.45, 2.75) is 0 Å². The van der Waals surface area contributed by atoms with E-state index in [1.807, 2.05) is 72.8 Å². The molecule has 5 heteroatoms. The summed E-state index contributed by atoms with van der Waals surface area (Å²) >= 11 is 0. The van der Waals surface area contributed by atoms with Gasteiger partial charge >= 0.3 is 0 Å². The molecule has 0 atom stereocenters. The van der Waals surface area contributed by atoms with Gasteiger partial charge in [0.05, 0.1) is 52.5 Å². The number of nitrogens with zero attached hydrogens (tertiary/aromatic N) is 5. The minimum Gasteiger partial charge on any atom is -0.318 e. The maximum absolute atomic E-state index is 9.72. The molecule has 2 aromatic heterocycles. The Bertz CT molecular complexity index is 2920. The van der Waals surface area contributed by atoms with Crippen molar-refractivity contribution in [3.63, 3.8) is 0 Å². The number of para-hydroxylation sites is 4. The Morgan fingerprint density at radius 1 is 0.480 bits per heavy atom. The van der Waals surface area contributed by atoms with Gasteiger partial charge in [-0.25, -0.2) is 9.69 Å². The van der Waals surface area contributed by atoms with Gasteiger partial charge in [0.1, 0.15) is 0 Å². The van der Waals surface area contributed by atoms with Crippen LogP contribution in [0.25, 0.3) is 86.9 Å². The number of nitriles is 1. The highest BCUT2D eigenvalue weighted by molar-refractivity contribution is 6.12. The summed E-state index contributed by atoms with van der Waals surface area (Å²) in [6, 6.07) is 53.0. The van der Waals surface area contributed by atoms with Crippen LogP contribution in [-0.2, 0) is 0 Å². The van der Waals surface area contributed by atoms with Crippen LogP contribution in [0.1, 0.15) is 5.56 Å². The fourth-order valence-electron chi connectivity index (χ4n) is 7.51. The average Bonchev–Trinajstić information content (AvgIpc) is 3.69. The molecule has 50 heavy (non-hydrogen) atoms. The highest BCUT2D eigenvalue weighted by atomic mass is 15.0. The second-order valence-electron chi connectivity index (χ2n) is 12.2. The van der Waals surface area contributed by atoms with Gasteiger partial charge in [-0.3, -0.25) is 0 Å². The Morgan fingerprint density at radius 2 is 1.04 bits per heavy atom. The molecule has 0 fully saturated rings. The third-order valence-electron chi connectivity index (χ3n) is 9.59. The van der Waals surface area contributed by atoms with E-state index in [1.165, 1.54) is 10.8 Å². The molecule has 7 aromatic carbocycles. The Balaban J connectivity index is 1.33. The lowest BCUT2D eigenvalue weighted by molar-refractivity contribution is 1.18. The molecule has 0 N–H and O–H groups in total. The molecule has 0 aliphatic carbocycles. The lowest BCUT2D eigenvalue weighted by atomic mass is 9.91. The first kappa shape index (κ1) is 28.8. The largest absolute Gasteiger partial charge is 0.318 e. The highest BCUT2D eigenvalue weighted by Crippen LogP contribution is 2.47. The minimum atomic E-state index is 0.472. The summed E-state index contributed by atoms with van der Waals surface area (Å²) in [5.41, 5.74) is 10.7. The van der Waals surface area contributed by atoms with Gasteiger partial charge < -0.3 is 9.13 Å². The van der Waals surface area contributed by atoms with E-state index < -0.39 is 0 Å². The number of benzene rings is 7. The maximum Gasteiger partial charge on any atom is 0.211 e. The summed E-state index contributed by atoms with van der Waals surface area (Å²) < 4.78 is 4.42. The van der Waals surface area contributed by atoms with Gasteiger partial charge in [-0.15, -0.1) is 0 Å². The van der Waals surface area contributed by atoms with Gasteiger partial charge in [0, 0.05) is 27.2 Å². The van der Waals surface area contributed by atoms with Crippen molar-refractivity contribution >= 4 is 55.0 Å². The Kier molecular flexibility index (Phi) is 6.56. The van der Waals surface area contributed by atoms with E-state index in [0.29, 0.717) is 22.6 Å². The summed E-state index contributed by atoms with van der Waals surface area (Å²) in [6.45, 7) is 16.6. The smallest absolute Gasteiger partial charge is 0.211 e. The SMILES string of the molecule is [C-]#[N+]c1cccc(-c2cccc(-n3c4ccccc4c4ccccc43)c2)c1-c1cccc([N+]#[C-])c1-n1c2ccccc2c2cc(C#N)ccc21. The van der Waals surface area contributed by atoms with E-state index in [-0.39, 0.29) is 0 Å². The van der Waals surface area contributed by atoms with E-state index in [1.54, 1.807) is 0 Å². The summed E-state index contributed by atoms with van der Waals surface area (Å²) in [5.74, 6) is 0. The van der Waals surface area contributed by atoms with Crippen LogP contribution >= 0.6 is 0 Å². The van der Waals surface area contributed by atoms with E-state index in [9.17, 15) is 5.26 Å². The van der Waals surface area contributed by atoms with Crippen molar-refractivity contribution in [3.8, 4) is 39.7 Å². The molecule has 2 heterocycles. The van der Waals surface area contributed by atoms with Crippen LogP contribution in [0, 0.1) is 24.5 Å². The van der Waals surface area contributed by atoms with Gasteiger partial charge in [0.15, 0.2) is 5.69 Å². The van der Waals surface area contributed by atoms with Gasteiger partial charge in [-0.05, 0) is 70.8 Å². The first-order chi connectivity index (χ1) is 24.7. The second-order valence-corrected chi connectivity index (χ2v) is 12.2. The zero-order valence-corrected chi connectivity index (χ0v) is 26.7. The summed E-state index contributed by atoms with van der Waals surface area (Å²) in [4.78, 5) is 8.05. The van der Waals surface area contributed by atoms with Crippen molar-refractivity contribution < 1.29 is 0 Å². The molecule has 0 bridgehead atoms. The van der Waals surface area contributed by atoms with Crippen LogP contribution < -0.4 is 0 Å². The molecule has 230 valence electrons. The third-order valence-corrected chi connectivity index (χ3v) is 9.59. The predicted octanol–water partition coefficient (Wildman–Crippen LogP) is 12.2. The van der Waals surface area contributed by atoms with Crippen LogP contribution in [0.2, 0.25) is 0 Å². The van der Waals surface area contributed by atoms with E-state index >= 15 is 0 Å². The minimum absolute atomic E-state index is 0.472. The zero-order chi connectivity index (χ0) is 33.8. The van der Waals surface area contributed by atoms with E-state index in [4.69, 9.17) is 13.1 Å².